The monoisotopic (exact) mass is 643 g/mol. The Kier molecular flexibility index (Phi) is 10.3. The Labute approximate surface area is 271 Å². The fourth-order valence-corrected chi connectivity index (χ4v) is 6.68. The van der Waals surface area contributed by atoms with Gasteiger partial charge in [-0.25, -0.2) is 8.42 Å². The number of aliphatic hydroxyl groups excluding tert-OH is 1. The third kappa shape index (κ3) is 7.52. The van der Waals surface area contributed by atoms with E-state index in [1.54, 1.807) is 42.2 Å². The fraction of sp³-hybridized carbons (Fsp3) is 0.306. The summed E-state index contributed by atoms with van der Waals surface area (Å²) in [4.78, 5) is 17.7. The molecule has 0 radical (unpaired) electrons. The molecule has 5 rings (SSSR count). The van der Waals surface area contributed by atoms with Crippen molar-refractivity contribution >= 4 is 21.6 Å². The molecule has 0 saturated heterocycles. The molecule has 0 saturated carbocycles. The summed E-state index contributed by atoms with van der Waals surface area (Å²) < 4.78 is 41.3. The number of ether oxygens (including phenoxy) is 2. The van der Waals surface area contributed by atoms with Crippen molar-refractivity contribution in [2.24, 2.45) is 5.92 Å². The number of carbonyl (C=O) groups excluding carboxylic acids is 1. The highest BCUT2D eigenvalue weighted by Gasteiger charge is 2.35. The van der Waals surface area contributed by atoms with Crippen molar-refractivity contribution in [2.45, 2.75) is 37.4 Å². The third-order valence-electron chi connectivity index (χ3n) is 8.31. The Bertz CT molecular complexity index is 1730. The molecule has 1 aliphatic heterocycles. The van der Waals surface area contributed by atoms with Gasteiger partial charge in [-0.1, -0.05) is 67.6 Å². The minimum Gasteiger partial charge on any atom is -0.497 e. The highest BCUT2D eigenvalue weighted by molar-refractivity contribution is 7.92. The third-order valence-corrected chi connectivity index (χ3v) is 9.69. The highest BCUT2D eigenvalue weighted by Crippen LogP contribution is 2.36. The van der Waals surface area contributed by atoms with Gasteiger partial charge >= 0.3 is 0 Å². The van der Waals surface area contributed by atoms with E-state index in [0.717, 1.165) is 16.7 Å². The van der Waals surface area contributed by atoms with E-state index in [1.807, 2.05) is 32.2 Å². The predicted molar refractivity (Wildman–Crippen MR) is 180 cm³/mol. The molecule has 9 nitrogen and oxygen atoms in total. The first kappa shape index (κ1) is 33.0. The standard InChI is InChI=1S/C36H41N3O6S/c1-25-21-39(26(2)24-40)36(41)32-11-8-12-33(37-46(42,43)31-19-17-30(44-4)18-20-31)35(32)45-34(25)23-38(3)22-27-13-15-29(16-14-27)28-9-6-5-7-10-28/h5-20,25-26,34,37,40H,21-24H2,1-4H3/t25-,26+,34-/m0/s1. The zero-order chi connectivity index (χ0) is 32.8. The quantitative estimate of drug-likeness (QED) is 0.222. The van der Waals surface area contributed by atoms with Crippen molar-refractivity contribution in [3.8, 4) is 22.6 Å². The van der Waals surface area contributed by atoms with E-state index in [9.17, 15) is 18.3 Å². The van der Waals surface area contributed by atoms with E-state index in [-0.39, 0.29) is 40.3 Å². The van der Waals surface area contributed by atoms with E-state index in [1.165, 1.54) is 19.2 Å². The maximum atomic E-state index is 13.8. The molecular formula is C36H41N3O6S. The molecule has 4 aromatic carbocycles. The van der Waals surface area contributed by atoms with Gasteiger partial charge in [-0.2, -0.15) is 0 Å². The summed E-state index contributed by atoms with van der Waals surface area (Å²) in [5, 5.41) is 10.0. The van der Waals surface area contributed by atoms with E-state index >= 15 is 0 Å². The van der Waals surface area contributed by atoms with Crippen LogP contribution in [0.1, 0.15) is 29.8 Å². The van der Waals surface area contributed by atoms with Crippen LogP contribution in [-0.4, -0.2) is 75.2 Å². The largest absolute Gasteiger partial charge is 0.497 e. The Morgan fingerprint density at radius 1 is 0.978 bits per heavy atom. The Morgan fingerprint density at radius 2 is 1.65 bits per heavy atom. The van der Waals surface area contributed by atoms with Gasteiger partial charge in [0.05, 0.1) is 35.9 Å². The minimum atomic E-state index is -4.02. The van der Waals surface area contributed by atoms with Gasteiger partial charge in [0.25, 0.3) is 15.9 Å². The van der Waals surface area contributed by atoms with Gasteiger partial charge in [0, 0.05) is 25.6 Å². The number of sulfonamides is 1. The summed E-state index contributed by atoms with van der Waals surface area (Å²) in [6, 6.07) is 29.1. The van der Waals surface area contributed by atoms with Gasteiger partial charge in [0.15, 0.2) is 5.75 Å². The van der Waals surface area contributed by atoms with Crippen LogP contribution in [-0.2, 0) is 16.6 Å². The zero-order valence-corrected chi connectivity index (χ0v) is 27.4. The number of hydrogen-bond acceptors (Lipinski definition) is 7. The summed E-state index contributed by atoms with van der Waals surface area (Å²) in [6.45, 7) is 5.13. The summed E-state index contributed by atoms with van der Waals surface area (Å²) in [7, 11) is -0.503. The number of rotatable bonds is 11. The number of hydrogen-bond donors (Lipinski definition) is 2. The molecule has 0 bridgehead atoms. The smallest absolute Gasteiger partial charge is 0.262 e. The fourth-order valence-electron chi connectivity index (χ4n) is 5.62. The van der Waals surface area contributed by atoms with Crippen LogP contribution in [0.2, 0.25) is 0 Å². The number of nitrogens with one attached hydrogen (secondary N) is 1. The number of benzene rings is 4. The van der Waals surface area contributed by atoms with Crippen LogP contribution in [0.3, 0.4) is 0 Å². The van der Waals surface area contributed by atoms with Gasteiger partial charge in [-0.15, -0.1) is 0 Å². The molecule has 1 amide bonds. The summed E-state index contributed by atoms with van der Waals surface area (Å²) in [5.74, 6) is 0.222. The number of anilines is 1. The van der Waals surface area contributed by atoms with Crippen molar-refractivity contribution in [3.05, 3.63) is 108 Å². The molecule has 0 spiro atoms. The lowest BCUT2D eigenvalue weighted by Crippen LogP contribution is -2.49. The van der Waals surface area contributed by atoms with Crippen molar-refractivity contribution in [3.63, 3.8) is 0 Å². The number of amides is 1. The van der Waals surface area contributed by atoms with Crippen LogP contribution in [0.5, 0.6) is 11.5 Å². The lowest BCUT2D eigenvalue weighted by molar-refractivity contribution is 0.0344. The molecule has 46 heavy (non-hydrogen) atoms. The average molecular weight is 644 g/mol. The average Bonchev–Trinajstić information content (AvgIpc) is 3.07. The molecule has 1 aliphatic rings. The maximum absolute atomic E-state index is 13.8. The number of methoxy groups -OCH3 is 1. The van der Waals surface area contributed by atoms with Crippen molar-refractivity contribution < 1.29 is 27.8 Å². The zero-order valence-electron chi connectivity index (χ0n) is 26.6. The number of para-hydroxylation sites is 1. The van der Waals surface area contributed by atoms with E-state index in [2.05, 4.69) is 46.0 Å². The first-order valence-electron chi connectivity index (χ1n) is 15.3. The van der Waals surface area contributed by atoms with Gasteiger partial charge < -0.3 is 19.5 Å². The second-order valence-corrected chi connectivity index (χ2v) is 13.5. The molecule has 242 valence electrons. The number of carbonyl (C=O) groups is 1. The van der Waals surface area contributed by atoms with Gasteiger partial charge in [0.1, 0.15) is 11.9 Å². The predicted octanol–water partition coefficient (Wildman–Crippen LogP) is 5.52. The van der Waals surface area contributed by atoms with E-state index in [0.29, 0.717) is 25.4 Å². The molecule has 2 N–H and O–H groups in total. The van der Waals surface area contributed by atoms with Gasteiger partial charge in [-0.3, -0.25) is 14.4 Å². The lowest BCUT2D eigenvalue weighted by atomic mass is 9.98. The molecule has 10 heteroatoms. The van der Waals surface area contributed by atoms with E-state index < -0.39 is 22.2 Å². The first-order valence-corrected chi connectivity index (χ1v) is 16.8. The molecule has 1 heterocycles. The topological polar surface area (TPSA) is 108 Å². The Hall–Kier alpha value is -4.38. The van der Waals surface area contributed by atoms with Crippen molar-refractivity contribution in [2.75, 3.05) is 38.6 Å². The van der Waals surface area contributed by atoms with Crippen molar-refractivity contribution in [1.82, 2.24) is 9.80 Å². The first-order chi connectivity index (χ1) is 22.1. The molecular weight excluding hydrogens is 602 g/mol. The van der Waals surface area contributed by atoms with Gasteiger partial charge in [0.2, 0.25) is 0 Å². The summed E-state index contributed by atoms with van der Waals surface area (Å²) >= 11 is 0. The van der Waals surface area contributed by atoms with Crippen LogP contribution < -0.4 is 14.2 Å². The maximum Gasteiger partial charge on any atom is 0.262 e. The summed E-state index contributed by atoms with van der Waals surface area (Å²) in [6.07, 6.45) is -0.402. The van der Waals surface area contributed by atoms with E-state index in [4.69, 9.17) is 9.47 Å². The SMILES string of the molecule is COc1ccc(S(=O)(=O)Nc2cccc3c2O[C@@H](CN(C)Cc2ccc(-c4ccccc4)cc2)[C@@H](C)CN([C@H](C)CO)C3=O)cc1. The Balaban J connectivity index is 1.42. The lowest BCUT2D eigenvalue weighted by Gasteiger charge is -2.38. The van der Waals surface area contributed by atoms with Crippen LogP contribution in [0.4, 0.5) is 5.69 Å². The number of likely N-dealkylation sites (N-methyl/N-ethyl adjacent to an activating group) is 1. The van der Waals surface area contributed by atoms with Crippen molar-refractivity contribution in [1.29, 1.82) is 0 Å². The molecule has 0 fully saturated rings. The second-order valence-electron chi connectivity index (χ2n) is 11.8. The van der Waals surface area contributed by atoms with Crippen LogP contribution in [0.15, 0.2) is 102 Å². The van der Waals surface area contributed by atoms with Crippen LogP contribution in [0, 0.1) is 5.92 Å². The highest BCUT2D eigenvalue weighted by atomic mass is 32.2. The normalized spacial score (nSPS) is 17.4. The molecule has 3 atom stereocenters. The Morgan fingerprint density at radius 3 is 2.30 bits per heavy atom. The van der Waals surface area contributed by atoms with Gasteiger partial charge in [-0.05, 0) is 67.1 Å². The number of aliphatic hydroxyl groups is 1. The molecule has 0 unspecified atom stereocenters. The molecule has 0 aromatic heterocycles. The minimum absolute atomic E-state index is 0.0431. The summed E-state index contributed by atoms with van der Waals surface area (Å²) in [5.41, 5.74) is 3.84. The second kappa shape index (κ2) is 14.4. The van der Waals surface area contributed by atoms with Crippen LogP contribution >= 0.6 is 0 Å². The number of fused-ring (bicyclic) bond motifs is 1. The molecule has 0 aliphatic carbocycles. The number of nitrogens with zero attached hydrogens (tertiary/aromatic N) is 2. The van der Waals surface area contributed by atoms with Crippen LogP contribution in [0.25, 0.3) is 11.1 Å². The molecule has 4 aromatic rings.